The molecule has 7 heteroatoms. The quantitative estimate of drug-likeness (QED) is 0.315. The second-order valence-corrected chi connectivity index (χ2v) is 10.8. The molecule has 10 atom stereocenters. The normalized spacial score (nSPS) is 55.8. The topological polar surface area (TPSA) is 127 Å². The molecule has 164 valence electrons. The molecule has 0 amide bonds. The smallest absolute Gasteiger partial charge is 0.302 e. The third-order valence-corrected chi connectivity index (χ3v) is 9.01. The highest BCUT2D eigenvalue weighted by Gasteiger charge is 2.75. The fraction of sp³-hybridized carbons (Fsp3) is 0.864. The van der Waals surface area contributed by atoms with Gasteiger partial charge in [0.25, 0.3) is 0 Å². The Hall–Kier alpha value is -0.990. The molecule has 4 aliphatic rings. The van der Waals surface area contributed by atoms with Crippen LogP contribution in [0.25, 0.3) is 0 Å². The van der Waals surface area contributed by atoms with Crippen LogP contribution in [-0.4, -0.2) is 67.1 Å². The van der Waals surface area contributed by atoms with Crippen molar-refractivity contribution in [3.8, 4) is 0 Å². The molecule has 0 saturated heterocycles. The summed E-state index contributed by atoms with van der Waals surface area (Å²) in [5, 5.41) is 55.8. The van der Waals surface area contributed by atoms with Crippen molar-refractivity contribution in [2.45, 2.75) is 89.0 Å². The van der Waals surface area contributed by atoms with Gasteiger partial charge >= 0.3 is 5.97 Å². The van der Waals surface area contributed by atoms with Crippen LogP contribution in [0.4, 0.5) is 0 Å². The number of carbonyl (C=O) groups excluding carboxylic acids is 1. The van der Waals surface area contributed by atoms with Gasteiger partial charge in [-0.15, -0.1) is 0 Å². The second kappa shape index (κ2) is 6.04. The van der Waals surface area contributed by atoms with E-state index in [-0.39, 0.29) is 18.3 Å². The lowest BCUT2D eigenvalue weighted by Gasteiger charge is -2.47. The molecule has 4 rings (SSSR count). The van der Waals surface area contributed by atoms with E-state index in [0.29, 0.717) is 24.8 Å². The van der Waals surface area contributed by atoms with E-state index < -0.39 is 58.3 Å². The van der Waals surface area contributed by atoms with Gasteiger partial charge in [-0.2, -0.15) is 0 Å². The Morgan fingerprint density at radius 2 is 1.76 bits per heavy atom. The number of fused-ring (bicyclic) bond motifs is 2. The maximum absolute atomic E-state index is 11.9. The van der Waals surface area contributed by atoms with E-state index in [1.165, 1.54) is 6.92 Å². The lowest BCUT2D eigenvalue weighted by atomic mass is 9.61. The van der Waals surface area contributed by atoms with Crippen molar-refractivity contribution < 1.29 is 35.1 Å². The van der Waals surface area contributed by atoms with Crippen LogP contribution in [0.1, 0.15) is 53.4 Å². The molecule has 0 aromatic rings. The first-order chi connectivity index (χ1) is 13.2. The fourth-order valence-electron chi connectivity index (χ4n) is 7.68. The van der Waals surface area contributed by atoms with Gasteiger partial charge in [-0.1, -0.05) is 26.0 Å². The van der Waals surface area contributed by atoms with E-state index in [1.54, 1.807) is 20.8 Å². The van der Waals surface area contributed by atoms with Crippen LogP contribution in [0, 0.1) is 28.6 Å². The monoisotopic (exact) mass is 410 g/mol. The van der Waals surface area contributed by atoms with Crippen molar-refractivity contribution in [2.75, 3.05) is 0 Å². The van der Waals surface area contributed by atoms with Crippen LogP contribution >= 0.6 is 0 Å². The summed E-state index contributed by atoms with van der Waals surface area (Å²) in [5.41, 5.74) is -4.27. The molecule has 29 heavy (non-hydrogen) atoms. The SMILES string of the molecule is C=C1[C@@H]2[C@H](O)[C@H](O)C(C)(C)[C@@]2(O)[C@H](O)C[C@]23C[C@@](C)(O)[C@H](CC[C@@H]12)[C@H]3OC(C)=O. The molecule has 0 heterocycles. The zero-order valence-electron chi connectivity index (χ0n) is 17.6. The van der Waals surface area contributed by atoms with E-state index in [0.717, 1.165) is 0 Å². The van der Waals surface area contributed by atoms with Gasteiger partial charge in [0.1, 0.15) is 11.7 Å². The summed E-state index contributed by atoms with van der Waals surface area (Å²) in [5.74, 6) is -1.89. The lowest BCUT2D eigenvalue weighted by Crippen LogP contribution is -2.57. The molecule has 4 saturated carbocycles. The predicted molar refractivity (Wildman–Crippen MR) is 103 cm³/mol. The summed E-state index contributed by atoms with van der Waals surface area (Å²) in [6.07, 6.45) is -2.71. The van der Waals surface area contributed by atoms with Crippen LogP contribution < -0.4 is 0 Å². The van der Waals surface area contributed by atoms with E-state index in [9.17, 15) is 30.3 Å². The number of aliphatic hydroxyl groups excluding tert-OH is 3. The molecule has 4 fully saturated rings. The first-order valence-electron chi connectivity index (χ1n) is 10.6. The van der Waals surface area contributed by atoms with Crippen molar-refractivity contribution in [2.24, 2.45) is 28.6 Å². The molecule has 0 radical (unpaired) electrons. The average molecular weight is 411 g/mol. The Morgan fingerprint density at radius 1 is 1.14 bits per heavy atom. The standard InChI is InChI=1S/C22H34O7/c1-10-12-6-7-13-18(29-11(2)23)21(12,9-20(13,5)27)8-14(24)22(28)15(10)16(25)17(26)19(22,3)4/h12-18,24-28H,1,6-9H2,2-5H3/t12-,13+,14+,15+,16-,17-,18+,20+,21-,22+/m0/s1. The van der Waals surface area contributed by atoms with Gasteiger partial charge in [0.2, 0.25) is 0 Å². The van der Waals surface area contributed by atoms with E-state index in [2.05, 4.69) is 6.58 Å². The Labute approximate surface area is 171 Å². The maximum atomic E-state index is 11.9. The number of rotatable bonds is 1. The fourth-order valence-corrected chi connectivity index (χ4v) is 7.68. The van der Waals surface area contributed by atoms with Gasteiger partial charge in [0.15, 0.2) is 0 Å². The van der Waals surface area contributed by atoms with Crippen LogP contribution in [-0.2, 0) is 9.53 Å². The number of hydrogen-bond acceptors (Lipinski definition) is 7. The molecule has 2 bridgehead atoms. The van der Waals surface area contributed by atoms with Crippen LogP contribution in [0.2, 0.25) is 0 Å². The number of ether oxygens (including phenoxy) is 1. The number of hydrogen-bond donors (Lipinski definition) is 5. The van der Waals surface area contributed by atoms with Crippen LogP contribution in [0.15, 0.2) is 12.2 Å². The van der Waals surface area contributed by atoms with Gasteiger partial charge in [0, 0.05) is 29.6 Å². The minimum absolute atomic E-state index is 0.0944. The highest BCUT2D eigenvalue weighted by molar-refractivity contribution is 5.66. The molecule has 0 aromatic carbocycles. The molecule has 0 aromatic heterocycles. The van der Waals surface area contributed by atoms with Crippen molar-refractivity contribution >= 4 is 5.97 Å². The number of carbonyl (C=O) groups is 1. The second-order valence-electron chi connectivity index (χ2n) is 10.8. The van der Waals surface area contributed by atoms with Gasteiger partial charge in [-0.05, 0) is 38.5 Å². The molecule has 7 nitrogen and oxygen atoms in total. The van der Waals surface area contributed by atoms with E-state index in [1.807, 2.05) is 0 Å². The van der Waals surface area contributed by atoms with Gasteiger partial charge in [0.05, 0.1) is 23.9 Å². The highest BCUT2D eigenvalue weighted by atomic mass is 16.5. The Morgan fingerprint density at radius 3 is 2.34 bits per heavy atom. The lowest BCUT2D eigenvalue weighted by molar-refractivity contribution is -0.181. The molecular formula is C22H34O7. The van der Waals surface area contributed by atoms with E-state index in [4.69, 9.17) is 4.74 Å². The van der Waals surface area contributed by atoms with E-state index >= 15 is 0 Å². The number of aliphatic hydroxyl groups is 5. The Balaban J connectivity index is 1.88. The molecule has 4 aliphatic carbocycles. The Bertz CT molecular complexity index is 745. The first kappa shape index (κ1) is 21.2. The van der Waals surface area contributed by atoms with Crippen LogP contribution in [0.5, 0.6) is 0 Å². The van der Waals surface area contributed by atoms with Gasteiger partial charge in [-0.3, -0.25) is 4.79 Å². The first-order valence-corrected chi connectivity index (χ1v) is 10.6. The summed E-state index contributed by atoms with van der Waals surface area (Å²) in [7, 11) is 0. The van der Waals surface area contributed by atoms with Gasteiger partial charge in [-0.25, -0.2) is 0 Å². The maximum Gasteiger partial charge on any atom is 0.302 e. The van der Waals surface area contributed by atoms with Crippen molar-refractivity contribution in [1.82, 2.24) is 0 Å². The predicted octanol–water partition coefficient (Wildman–Crippen LogP) is 0.515. The average Bonchev–Trinajstić information content (AvgIpc) is 2.77. The van der Waals surface area contributed by atoms with Crippen molar-refractivity contribution in [3.05, 3.63) is 12.2 Å². The summed E-state index contributed by atoms with van der Waals surface area (Å²) < 4.78 is 5.74. The van der Waals surface area contributed by atoms with Crippen molar-refractivity contribution in [1.29, 1.82) is 0 Å². The molecule has 0 unspecified atom stereocenters. The zero-order valence-corrected chi connectivity index (χ0v) is 17.6. The third-order valence-electron chi connectivity index (χ3n) is 9.01. The van der Waals surface area contributed by atoms with Crippen LogP contribution in [0.3, 0.4) is 0 Å². The molecule has 1 spiro atoms. The Kier molecular flexibility index (Phi) is 4.42. The third kappa shape index (κ3) is 2.39. The summed E-state index contributed by atoms with van der Waals surface area (Å²) in [6.45, 7) is 10.6. The van der Waals surface area contributed by atoms with Gasteiger partial charge < -0.3 is 30.3 Å². The summed E-state index contributed by atoms with van der Waals surface area (Å²) in [6, 6.07) is 0. The molecule has 5 N–H and O–H groups in total. The highest BCUT2D eigenvalue weighted by Crippen LogP contribution is 2.69. The molecule has 0 aliphatic heterocycles. The molecular weight excluding hydrogens is 376 g/mol. The van der Waals surface area contributed by atoms with Crippen molar-refractivity contribution in [3.63, 3.8) is 0 Å². The largest absolute Gasteiger partial charge is 0.462 e. The zero-order chi connectivity index (χ0) is 21.7. The summed E-state index contributed by atoms with van der Waals surface area (Å²) >= 11 is 0. The minimum atomic E-state index is -1.79. The number of esters is 1. The summed E-state index contributed by atoms with van der Waals surface area (Å²) in [4.78, 5) is 11.9. The minimum Gasteiger partial charge on any atom is -0.462 e.